The zero-order chi connectivity index (χ0) is 9.14. The Hall–Kier alpha value is -0.670. The van der Waals surface area contributed by atoms with Gasteiger partial charge in [0.1, 0.15) is 0 Å². The van der Waals surface area contributed by atoms with Crippen LogP contribution in [-0.2, 0) is 6.61 Å². The molecule has 0 aromatic carbocycles. The molecule has 1 N–H and O–H groups in total. The third-order valence-electron chi connectivity index (χ3n) is 1.53. The van der Waals surface area contributed by atoms with Crippen molar-refractivity contribution in [1.29, 1.82) is 0 Å². The molecule has 0 fully saturated rings. The van der Waals surface area contributed by atoms with Crippen LogP contribution in [0.5, 0.6) is 0 Å². The lowest BCUT2D eigenvalue weighted by atomic mass is 10.1. The van der Waals surface area contributed by atoms with E-state index in [0.717, 1.165) is 5.69 Å². The van der Waals surface area contributed by atoms with Crippen molar-refractivity contribution >= 4 is 11.6 Å². The van der Waals surface area contributed by atoms with Gasteiger partial charge in [-0.2, -0.15) is 0 Å². The first kappa shape index (κ1) is 9.42. The number of nitrogens with zero attached hydrogens (tertiary/aromatic N) is 2. The second kappa shape index (κ2) is 3.83. The molecule has 1 rings (SSSR count). The maximum atomic E-state index is 8.82. The van der Waals surface area contributed by atoms with E-state index >= 15 is 0 Å². The SMILES string of the molecule is CC(C)c1cc(CO)nc(Cl)n1. The van der Waals surface area contributed by atoms with Gasteiger partial charge in [0.2, 0.25) is 5.28 Å². The molecule has 0 aliphatic rings. The van der Waals surface area contributed by atoms with Crippen molar-refractivity contribution in [3.05, 3.63) is 22.7 Å². The minimum Gasteiger partial charge on any atom is -0.390 e. The summed E-state index contributed by atoms with van der Waals surface area (Å²) in [5.74, 6) is 0.302. The van der Waals surface area contributed by atoms with Gasteiger partial charge in [-0.05, 0) is 23.6 Å². The maximum absolute atomic E-state index is 8.82. The topological polar surface area (TPSA) is 46.0 Å². The fraction of sp³-hybridized carbons (Fsp3) is 0.500. The first-order valence-electron chi connectivity index (χ1n) is 3.77. The third-order valence-corrected chi connectivity index (χ3v) is 1.69. The van der Waals surface area contributed by atoms with E-state index in [1.807, 2.05) is 13.8 Å². The summed E-state index contributed by atoms with van der Waals surface area (Å²) in [6, 6.07) is 1.76. The second-order valence-corrected chi connectivity index (χ2v) is 3.20. The van der Waals surface area contributed by atoms with Crippen molar-refractivity contribution in [3.8, 4) is 0 Å². The summed E-state index contributed by atoms with van der Waals surface area (Å²) in [6.45, 7) is 3.93. The summed E-state index contributed by atoms with van der Waals surface area (Å²) in [5, 5.41) is 9.02. The highest BCUT2D eigenvalue weighted by atomic mass is 35.5. The molecule has 0 amide bonds. The molecule has 0 saturated carbocycles. The van der Waals surface area contributed by atoms with E-state index < -0.39 is 0 Å². The molecule has 3 nitrogen and oxygen atoms in total. The van der Waals surface area contributed by atoms with Crippen molar-refractivity contribution in [1.82, 2.24) is 9.97 Å². The van der Waals surface area contributed by atoms with Crippen LogP contribution >= 0.6 is 11.6 Å². The largest absolute Gasteiger partial charge is 0.390 e. The highest BCUT2D eigenvalue weighted by Gasteiger charge is 2.05. The summed E-state index contributed by atoms with van der Waals surface area (Å²) in [6.07, 6.45) is 0. The van der Waals surface area contributed by atoms with Crippen molar-refractivity contribution < 1.29 is 5.11 Å². The summed E-state index contributed by atoms with van der Waals surface area (Å²) in [4.78, 5) is 7.86. The van der Waals surface area contributed by atoms with Crippen LogP contribution in [0.3, 0.4) is 0 Å². The fourth-order valence-electron chi connectivity index (χ4n) is 0.862. The number of hydrogen-bond acceptors (Lipinski definition) is 3. The van der Waals surface area contributed by atoms with Gasteiger partial charge in [-0.1, -0.05) is 13.8 Å². The second-order valence-electron chi connectivity index (χ2n) is 2.87. The van der Waals surface area contributed by atoms with Gasteiger partial charge in [0, 0.05) is 5.69 Å². The number of aliphatic hydroxyl groups is 1. The molecule has 1 heterocycles. The highest BCUT2D eigenvalue weighted by Crippen LogP contribution is 2.14. The first-order chi connectivity index (χ1) is 5.63. The predicted molar refractivity (Wildman–Crippen MR) is 47.1 cm³/mol. The van der Waals surface area contributed by atoms with Crippen molar-refractivity contribution in [2.24, 2.45) is 0 Å². The van der Waals surface area contributed by atoms with Gasteiger partial charge in [0.25, 0.3) is 0 Å². The van der Waals surface area contributed by atoms with Gasteiger partial charge in [0.15, 0.2) is 0 Å². The fourth-order valence-corrected chi connectivity index (χ4v) is 1.07. The van der Waals surface area contributed by atoms with E-state index in [0.29, 0.717) is 11.6 Å². The van der Waals surface area contributed by atoms with E-state index in [1.54, 1.807) is 6.07 Å². The molecular formula is C8H11ClN2O. The average molecular weight is 187 g/mol. The van der Waals surface area contributed by atoms with Crippen LogP contribution in [0.1, 0.15) is 31.2 Å². The van der Waals surface area contributed by atoms with Crippen molar-refractivity contribution in [2.45, 2.75) is 26.4 Å². The Morgan fingerprint density at radius 3 is 2.67 bits per heavy atom. The molecule has 0 bridgehead atoms. The van der Waals surface area contributed by atoms with Crippen LogP contribution in [0.2, 0.25) is 5.28 Å². The zero-order valence-corrected chi connectivity index (χ0v) is 7.84. The van der Waals surface area contributed by atoms with E-state index in [2.05, 4.69) is 9.97 Å². The Kier molecular flexibility index (Phi) is 3.00. The Bertz CT molecular complexity index is 276. The van der Waals surface area contributed by atoms with Crippen molar-refractivity contribution in [2.75, 3.05) is 0 Å². The molecule has 0 radical (unpaired) electrons. The van der Waals surface area contributed by atoms with Crippen LogP contribution in [-0.4, -0.2) is 15.1 Å². The molecule has 0 atom stereocenters. The standard InChI is InChI=1S/C8H11ClN2O/c1-5(2)7-3-6(4-12)10-8(9)11-7/h3,5,12H,4H2,1-2H3. The number of hydrogen-bond donors (Lipinski definition) is 1. The molecule has 1 aromatic heterocycles. The molecule has 66 valence electrons. The predicted octanol–water partition coefficient (Wildman–Crippen LogP) is 1.75. The third kappa shape index (κ3) is 2.16. The monoisotopic (exact) mass is 186 g/mol. The average Bonchev–Trinajstić information content (AvgIpc) is 2.03. The Labute approximate surface area is 76.4 Å². The van der Waals surface area contributed by atoms with Crippen LogP contribution in [0.4, 0.5) is 0 Å². The van der Waals surface area contributed by atoms with E-state index in [-0.39, 0.29) is 11.9 Å². The van der Waals surface area contributed by atoms with E-state index in [1.165, 1.54) is 0 Å². The van der Waals surface area contributed by atoms with Crippen molar-refractivity contribution in [3.63, 3.8) is 0 Å². The molecule has 0 spiro atoms. The van der Waals surface area contributed by atoms with Crippen LogP contribution in [0.25, 0.3) is 0 Å². The minimum atomic E-state index is -0.0953. The molecule has 0 aliphatic heterocycles. The van der Waals surface area contributed by atoms with Crippen LogP contribution in [0, 0.1) is 0 Å². The zero-order valence-electron chi connectivity index (χ0n) is 7.08. The smallest absolute Gasteiger partial charge is 0.222 e. The number of rotatable bonds is 2. The lowest BCUT2D eigenvalue weighted by Gasteiger charge is -2.05. The van der Waals surface area contributed by atoms with Crippen LogP contribution < -0.4 is 0 Å². The Balaban J connectivity index is 3.06. The van der Waals surface area contributed by atoms with Gasteiger partial charge in [-0.15, -0.1) is 0 Å². The molecular weight excluding hydrogens is 176 g/mol. The lowest BCUT2D eigenvalue weighted by molar-refractivity contribution is 0.276. The molecule has 0 unspecified atom stereocenters. The Morgan fingerprint density at radius 1 is 1.50 bits per heavy atom. The molecule has 0 aliphatic carbocycles. The number of aliphatic hydroxyl groups excluding tert-OH is 1. The van der Waals surface area contributed by atoms with Crippen LogP contribution in [0.15, 0.2) is 6.07 Å². The van der Waals surface area contributed by atoms with Gasteiger partial charge in [-0.3, -0.25) is 0 Å². The molecule has 0 saturated heterocycles. The lowest BCUT2D eigenvalue weighted by Crippen LogP contribution is -1.99. The summed E-state index contributed by atoms with van der Waals surface area (Å²) in [5.41, 5.74) is 1.43. The number of aromatic nitrogens is 2. The summed E-state index contributed by atoms with van der Waals surface area (Å²) < 4.78 is 0. The minimum absolute atomic E-state index is 0.0953. The molecule has 1 aromatic rings. The van der Waals surface area contributed by atoms with E-state index in [4.69, 9.17) is 16.7 Å². The van der Waals surface area contributed by atoms with Gasteiger partial charge in [-0.25, -0.2) is 9.97 Å². The molecule has 12 heavy (non-hydrogen) atoms. The first-order valence-corrected chi connectivity index (χ1v) is 4.15. The quantitative estimate of drug-likeness (QED) is 0.716. The summed E-state index contributed by atoms with van der Waals surface area (Å²) in [7, 11) is 0. The van der Waals surface area contributed by atoms with E-state index in [9.17, 15) is 0 Å². The summed E-state index contributed by atoms with van der Waals surface area (Å²) >= 11 is 5.64. The van der Waals surface area contributed by atoms with Gasteiger partial charge < -0.3 is 5.11 Å². The van der Waals surface area contributed by atoms with Gasteiger partial charge in [0.05, 0.1) is 12.3 Å². The van der Waals surface area contributed by atoms with Gasteiger partial charge >= 0.3 is 0 Å². The highest BCUT2D eigenvalue weighted by molar-refractivity contribution is 6.28. The molecule has 4 heteroatoms. The number of halogens is 1. The normalized spacial score (nSPS) is 10.8. The maximum Gasteiger partial charge on any atom is 0.222 e. The Morgan fingerprint density at radius 2 is 2.17 bits per heavy atom.